The molecule has 1 aromatic heterocycles. The summed E-state index contributed by atoms with van der Waals surface area (Å²) in [5, 5.41) is 8.75. The molecule has 1 aliphatic rings. The van der Waals surface area contributed by atoms with Crippen LogP contribution in [0.25, 0.3) is 16.9 Å². The number of ether oxygens (including phenoxy) is 2. The predicted molar refractivity (Wildman–Crippen MR) is 96.2 cm³/mol. The SMILES string of the molecule is Cc1cc(-c2cc(C(F)(F)F)nn2-c2ccc(S(N)(=O)=O)cc2)cc2c1OCO2. The van der Waals surface area contributed by atoms with Gasteiger partial charge in [-0.2, -0.15) is 18.3 Å². The van der Waals surface area contributed by atoms with Crippen LogP contribution in [0.4, 0.5) is 13.2 Å². The summed E-state index contributed by atoms with van der Waals surface area (Å²) in [5.74, 6) is 0.958. The lowest BCUT2D eigenvalue weighted by Gasteiger charge is -2.10. The van der Waals surface area contributed by atoms with Gasteiger partial charge in [0.2, 0.25) is 16.8 Å². The van der Waals surface area contributed by atoms with Crippen LogP contribution in [-0.4, -0.2) is 25.0 Å². The Bertz CT molecular complexity index is 1200. The number of nitrogens with zero attached hydrogens (tertiary/aromatic N) is 2. The van der Waals surface area contributed by atoms with E-state index in [-0.39, 0.29) is 23.1 Å². The fraction of sp³-hybridized carbons (Fsp3) is 0.167. The standard InChI is InChI=1S/C18H14F3N3O4S/c1-10-6-11(7-15-17(10)28-9-27-15)14-8-16(18(19,20)21)23-24(14)12-2-4-13(5-3-12)29(22,25)26/h2-8H,9H2,1H3,(H2,22,25,26). The molecule has 0 saturated carbocycles. The normalized spacial score (nSPS) is 13.7. The summed E-state index contributed by atoms with van der Waals surface area (Å²) in [6, 6.07) is 9.22. The summed E-state index contributed by atoms with van der Waals surface area (Å²) in [6.07, 6.45) is -4.66. The van der Waals surface area contributed by atoms with Crippen LogP contribution in [0.5, 0.6) is 11.5 Å². The minimum atomic E-state index is -4.66. The second kappa shape index (κ2) is 6.49. The zero-order valence-corrected chi connectivity index (χ0v) is 15.7. The first-order valence-electron chi connectivity index (χ1n) is 8.25. The first-order chi connectivity index (χ1) is 13.5. The quantitative estimate of drug-likeness (QED) is 0.695. The molecule has 11 heteroatoms. The monoisotopic (exact) mass is 425 g/mol. The third-order valence-electron chi connectivity index (χ3n) is 4.36. The smallest absolute Gasteiger partial charge is 0.435 e. The van der Waals surface area contributed by atoms with Crippen molar-refractivity contribution in [2.45, 2.75) is 18.0 Å². The highest BCUT2D eigenvalue weighted by molar-refractivity contribution is 7.89. The van der Waals surface area contributed by atoms with Gasteiger partial charge >= 0.3 is 6.18 Å². The highest BCUT2D eigenvalue weighted by Gasteiger charge is 2.35. The molecule has 0 unspecified atom stereocenters. The van der Waals surface area contributed by atoms with Gasteiger partial charge < -0.3 is 9.47 Å². The number of rotatable bonds is 3. The molecule has 0 amide bonds. The summed E-state index contributed by atoms with van der Waals surface area (Å²) >= 11 is 0. The molecule has 29 heavy (non-hydrogen) atoms. The van der Waals surface area contributed by atoms with E-state index in [9.17, 15) is 21.6 Å². The molecule has 2 heterocycles. The van der Waals surface area contributed by atoms with E-state index in [0.717, 1.165) is 10.7 Å². The van der Waals surface area contributed by atoms with Gasteiger partial charge in [-0.15, -0.1) is 0 Å². The van der Waals surface area contributed by atoms with Crippen LogP contribution >= 0.6 is 0 Å². The fourth-order valence-corrected chi connectivity index (χ4v) is 3.55. The average molecular weight is 425 g/mol. The zero-order valence-electron chi connectivity index (χ0n) is 14.9. The Morgan fingerprint density at radius 3 is 2.41 bits per heavy atom. The number of alkyl halides is 3. The van der Waals surface area contributed by atoms with E-state index in [4.69, 9.17) is 14.6 Å². The van der Waals surface area contributed by atoms with Crippen molar-refractivity contribution in [1.82, 2.24) is 9.78 Å². The summed E-state index contributed by atoms with van der Waals surface area (Å²) in [4.78, 5) is -0.162. The molecule has 2 aromatic carbocycles. The van der Waals surface area contributed by atoms with Gasteiger partial charge in [-0.3, -0.25) is 0 Å². The molecular weight excluding hydrogens is 411 g/mol. The lowest BCUT2D eigenvalue weighted by Crippen LogP contribution is -2.12. The molecule has 152 valence electrons. The first-order valence-corrected chi connectivity index (χ1v) is 9.80. The molecule has 3 aromatic rings. The van der Waals surface area contributed by atoms with Crippen molar-refractivity contribution < 1.29 is 31.1 Å². The van der Waals surface area contributed by atoms with Crippen molar-refractivity contribution in [1.29, 1.82) is 0 Å². The van der Waals surface area contributed by atoms with Crippen molar-refractivity contribution in [3.63, 3.8) is 0 Å². The van der Waals surface area contributed by atoms with Crippen LogP contribution in [0.3, 0.4) is 0 Å². The van der Waals surface area contributed by atoms with Gasteiger partial charge in [-0.25, -0.2) is 18.2 Å². The summed E-state index contributed by atoms with van der Waals surface area (Å²) in [6.45, 7) is 1.78. The van der Waals surface area contributed by atoms with Crippen molar-refractivity contribution >= 4 is 10.0 Å². The second-order valence-corrected chi connectivity index (χ2v) is 7.95. The molecule has 0 aliphatic carbocycles. The van der Waals surface area contributed by atoms with Crippen LogP contribution in [-0.2, 0) is 16.2 Å². The molecule has 0 bridgehead atoms. The van der Waals surface area contributed by atoms with Crippen molar-refractivity contribution in [2.24, 2.45) is 5.14 Å². The minimum absolute atomic E-state index is 0.0295. The number of sulfonamides is 1. The van der Waals surface area contributed by atoms with Crippen LogP contribution < -0.4 is 14.6 Å². The molecule has 4 rings (SSSR count). The minimum Gasteiger partial charge on any atom is -0.454 e. The Hall–Kier alpha value is -3.05. The summed E-state index contributed by atoms with van der Waals surface area (Å²) in [7, 11) is -3.93. The van der Waals surface area contributed by atoms with Gasteiger partial charge in [0.25, 0.3) is 0 Å². The molecular formula is C18H14F3N3O4S. The van der Waals surface area contributed by atoms with Crippen LogP contribution in [0, 0.1) is 6.92 Å². The molecule has 2 N–H and O–H groups in total. The Morgan fingerprint density at radius 1 is 1.10 bits per heavy atom. The van der Waals surface area contributed by atoms with Crippen molar-refractivity contribution in [2.75, 3.05) is 6.79 Å². The summed E-state index contributed by atoms with van der Waals surface area (Å²) in [5.41, 5.74) is 0.435. The third kappa shape index (κ3) is 3.54. The van der Waals surface area contributed by atoms with Gasteiger partial charge in [-0.05, 0) is 55.0 Å². The van der Waals surface area contributed by atoms with E-state index >= 15 is 0 Å². The Balaban J connectivity index is 1.89. The molecule has 0 atom stereocenters. The molecule has 7 nitrogen and oxygen atoms in total. The molecule has 0 radical (unpaired) electrons. The van der Waals surface area contributed by atoms with Crippen LogP contribution in [0.15, 0.2) is 47.4 Å². The van der Waals surface area contributed by atoms with Crippen LogP contribution in [0.1, 0.15) is 11.3 Å². The topological polar surface area (TPSA) is 96.4 Å². The molecule has 0 fully saturated rings. The molecule has 0 saturated heterocycles. The highest BCUT2D eigenvalue weighted by atomic mass is 32.2. The maximum Gasteiger partial charge on any atom is 0.435 e. The number of fused-ring (bicyclic) bond motifs is 1. The number of primary sulfonamides is 1. The first kappa shape index (κ1) is 19.3. The lowest BCUT2D eigenvalue weighted by molar-refractivity contribution is -0.141. The van der Waals surface area contributed by atoms with Gasteiger partial charge in [0.1, 0.15) is 0 Å². The fourth-order valence-electron chi connectivity index (χ4n) is 3.03. The second-order valence-electron chi connectivity index (χ2n) is 6.39. The number of nitrogens with two attached hydrogens (primary N) is 1. The van der Waals surface area contributed by atoms with E-state index in [1.807, 2.05) is 0 Å². The van der Waals surface area contributed by atoms with Crippen molar-refractivity contribution in [3.05, 3.63) is 53.7 Å². The number of aromatic nitrogens is 2. The number of halogens is 3. The van der Waals surface area contributed by atoms with E-state index in [1.54, 1.807) is 19.1 Å². The van der Waals surface area contributed by atoms with E-state index in [1.165, 1.54) is 24.3 Å². The van der Waals surface area contributed by atoms with E-state index < -0.39 is 21.9 Å². The lowest BCUT2D eigenvalue weighted by atomic mass is 10.1. The highest BCUT2D eigenvalue weighted by Crippen LogP contribution is 2.41. The van der Waals surface area contributed by atoms with Gasteiger partial charge in [-0.1, -0.05) is 0 Å². The van der Waals surface area contributed by atoms with Gasteiger partial charge in [0.05, 0.1) is 16.3 Å². The van der Waals surface area contributed by atoms with Crippen LogP contribution in [0.2, 0.25) is 0 Å². The molecule has 0 spiro atoms. The number of aryl methyl sites for hydroxylation is 1. The third-order valence-corrected chi connectivity index (χ3v) is 5.29. The number of hydrogen-bond acceptors (Lipinski definition) is 5. The Labute approximate surface area is 163 Å². The van der Waals surface area contributed by atoms with E-state index in [0.29, 0.717) is 22.6 Å². The zero-order chi connectivity index (χ0) is 21.0. The van der Waals surface area contributed by atoms with Gasteiger partial charge in [0.15, 0.2) is 17.2 Å². The Kier molecular flexibility index (Phi) is 4.32. The van der Waals surface area contributed by atoms with Crippen molar-refractivity contribution in [3.8, 4) is 28.4 Å². The summed E-state index contributed by atoms with van der Waals surface area (Å²) < 4.78 is 74.6. The maximum absolute atomic E-state index is 13.3. The molecule has 1 aliphatic heterocycles. The number of benzene rings is 2. The average Bonchev–Trinajstić information content (AvgIpc) is 3.28. The maximum atomic E-state index is 13.3. The largest absolute Gasteiger partial charge is 0.454 e. The Morgan fingerprint density at radius 2 is 1.79 bits per heavy atom. The van der Waals surface area contributed by atoms with E-state index in [2.05, 4.69) is 5.10 Å². The van der Waals surface area contributed by atoms with Gasteiger partial charge in [0, 0.05) is 5.56 Å². The predicted octanol–water partition coefficient (Wildman–Crippen LogP) is 3.24. The number of hydrogen-bond donors (Lipinski definition) is 1.